The van der Waals surface area contributed by atoms with E-state index in [-0.39, 0.29) is 5.75 Å². The summed E-state index contributed by atoms with van der Waals surface area (Å²) in [5.74, 6) is -0.380. The second-order valence-electron chi connectivity index (χ2n) is 6.04. The molecule has 1 heterocycles. The fourth-order valence-corrected chi connectivity index (χ4v) is 2.74. The number of hydrogen-bond acceptors (Lipinski definition) is 5. The number of amides is 3. The van der Waals surface area contributed by atoms with E-state index in [2.05, 4.69) is 10.4 Å². The van der Waals surface area contributed by atoms with Crippen LogP contribution in [-0.2, 0) is 10.3 Å². The zero-order chi connectivity index (χ0) is 19.6. The Bertz CT molecular complexity index is 914. The molecule has 7 nitrogen and oxygen atoms in total. The first-order chi connectivity index (χ1) is 12.9. The highest BCUT2D eigenvalue weighted by atomic mass is 19.1. The van der Waals surface area contributed by atoms with Crippen LogP contribution in [0.4, 0.5) is 9.18 Å². The van der Waals surface area contributed by atoms with E-state index < -0.39 is 23.3 Å². The number of halogens is 1. The number of rotatable bonds is 5. The molecular weight excluding hydrogens is 353 g/mol. The van der Waals surface area contributed by atoms with Gasteiger partial charge in [0, 0.05) is 0 Å². The third-order valence-electron chi connectivity index (χ3n) is 4.33. The first-order valence-corrected chi connectivity index (χ1v) is 8.08. The molecule has 1 N–H and O–H groups in total. The van der Waals surface area contributed by atoms with Gasteiger partial charge in [0.05, 0.1) is 20.4 Å². The van der Waals surface area contributed by atoms with Gasteiger partial charge < -0.3 is 14.8 Å². The average Bonchev–Trinajstić information content (AvgIpc) is 2.89. The van der Waals surface area contributed by atoms with Gasteiger partial charge in [0.1, 0.15) is 11.3 Å². The van der Waals surface area contributed by atoms with E-state index in [4.69, 9.17) is 9.47 Å². The minimum atomic E-state index is -1.26. The third-order valence-corrected chi connectivity index (χ3v) is 4.33. The molecular formula is C19H18FN3O4. The number of nitrogens with zero attached hydrogens (tertiary/aromatic N) is 2. The maximum atomic E-state index is 13.8. The number of carbonyl (C=O) groups excluding carboxylic acids is 2. The van der Waals surface area contributed by atoms with Crippen molar-refractivity contribution in [2.75, 3.05) is 14.2 Å². The van der Waals surface area contributed by atoms with Crippen LogP contribution in [0.3, 0.4) is 0 Å². The lowest BCUT2D eigenvalue weighted by Gasteiger charge is -2.21. The van der Waals surface area contributed by atoms with Gasteiger partial charge in [0.2, 0.25) is 0 Å². The van der Waals surface area contributed by atoms with Crippen LogP contribution in [0.5, 0.6) is 11.5 Å². The van der Waals surface area contributed by atoms with Crippen molar-refractivity contribution in [3.05, 3.63) is 59.4 Å². The quantitative estimate of drug-likeness (QED) is 0.647. The summed E-state index contributed by atoms with van der Waals surface area (Å²) in [5.41, 5.74) is -0.284. The lowest BCUT2D eigenvalue weighted by molar-refractivity contribution is -0.131. The molecule has 2 aromatic carbocycles. The SMILES string of the molecule is COc1ccc([C@]2(C)NC(=O)N(/N=C\c3ccc(OC)c(F)c3)C2=O)cc1. The van der Waals surface area contributed by atoms with Crippen molar-refractivity contribution < 1.29 is 23.5 Å². The van der Waals surface area contributed by atoms with Crippen LogP contribution in [0.1, 0.15) is 18.1 Å². The lowest BCUT2D eigenvalue weighted by Crippen LogP contribution is -2.40. The van der Waals surface area contributed by atoms with Crippen LogP contribution in [-0.4, -0.2) is 37.4 Å². The van der Waals surface area contributed by atoms with Gasteiger partial charge in [-0.25, -0.2) is 9.18 Å². The molecule has 0 unspecified atom stereocenters. The van der Waals surface area contributed by atoms with Crippen molar-refractivity contribution in [2.45, 2.75) is 12.5 Å². The largest absolute Gasteiger partial charge is 0.497 e. The highest BCUT2D eigenvalue weighted by Crippen LogP contribution is 2.30. The normalized spacial score (nSPS) is 19.5. The maximum absolute atomic E-state index is 13.8. The van der Waals surface area contributed by atoms with Crippen molar-refractivity contribution >= 4 is 18.2 Å². The van der Waals surface area contributed by atoms with Crippen LogP contribution in [0.15, 0.2) is 47.6 Å². The van der Waals surface area contributed by atoms with Crippen LogP contribution in [0.25, 0.3) is 0 Å². The number of ether oxygens (including phenoxy) is 2. The average molecular weight is 371 g/mol. The van der Waals surface area contributed by atoms with Gasteiger partial charge in [-0.15, -0.1) is 5.01 Å². The first kappa shape index (κ1) is 18.4. The summed E-state index contributed by atoms with van der Waals surface area (Å²) in [5, 5.41) is 7.29. The molecule has 1 fully saturated rings. The van der Waals surface area contributed by atoms with Crippen LogP contribution in [0.2, 0.25) is 0 Å². The Balaban J connectivity index is 1.84. The molecule has 3 rings (SSSR count). The molecule has 1 saturated heterocycles. The van der Waals surface area contributed by atoms with Gasteiger partial charge in [-0.3, -0.25) is 4.79 Å². The number of urea groups is 1. The lowest BCUT2D eigenvalue weighted by atomic mass is 9.92. The van der Waals surface area contributed by atoms with Crippen LogP contribution in [0, 0.1) is 5.82 Å². The zero-order valence-corrected chi connectivity index (χ0v) is 15.0. The summed E-state index contributed by atoms with van der Waals surface area (Å²) < 4.78 is 23.7. The fourth-order valence-electron chi connectivity index (χ4n) is 2.74. The number of imide groups is 1. The van der Waals surface area contributed by atoms with Crippen molar-refractivity contribution in [3.63, 3.8) is 0 Å². The Morgan fingerprint density at radius 3 is 2.41 bits per heavy atom. The minimum absolute atomic E-state index is 0.0919. The molecule has 0 aromatic heterocycles. The standard InChI is InChI=1S/C19H18FN3O4/c1-19(13-5-7-14(26-2)8-6-13)17(24)23(18(25)22-19)21-11-12-4-9-16(27-3)15(20)10-12/h4-11H,1-3H3,(H,22,25)/b21-11-/t19-/m0/s1. The molecule has 0 bridgehead atoms. The monoisotopic (exact) mass is 371 g/mol. The number of methoxy groups -OCH3 is 2. The predicted octanol–water partition coefficient (Wildman–Crippen LogP) is 2.64. The molecule has 0 spiro atoms. The smallest absolute Gasteiger partial charge is 0.346 e. The molecule has 1 atom stereocenters. The summed E-state index contributed by atoms with van der Waals surface area (Å²) in [6, 6.07) is 10.3. The molecule has 1 aliphatic rings. The number of benzene rings is 2. The first-order valence-electron chi connectivity index (χ1n) is 8.08. The highest BCUT2D eigenvalue weighted by Gasteiger charge is 2.49. The second-order valence-corrected chi connectivity index (χ2v) is 6.04. The fraction of sp³-hybridized carbons (Fsp3) is 0.211. The summed E-state index contributed by atoms with van der Waals surface area (Å²) in [7, 11) is 2.90. The molecule has 8 heteroatoms. The maximum Gasteiger partial charge on any atom is 0.346 e. The van der Waals surface area contributed by atoms with Gasteiger partial charge in [0.15, 0.2) is 11.6 Å². The van der Waals surface area contributed by atoms with E-state index in [1.165, 1.54) is 32.6 Å². The van der Waals surface area contributed by atoms with E-state index in [1.54, 1.807) is 37.3 Å². The number of hydrogen-bond donors (Lipinski definition) is 1. The van der Waals surface area contributed by atoms with E-state index in [1.807, 2.05) is 0 Å². The second kappa shape index (κ2) is 7.06. The summed E-state index contributed by atoms with van der Waals surface area (Å²) in [6.45, 7) is 1.59. The van der Waals surface area contributed by atoms with E-state index in [0.29, 0.717) is 16.9 Å². The topological polar surface area (TPSA) is 80.2 Å². The molecule has 2 aromatic rings. The Hall–Kier alpha value is -3.42. The number of carbonyl (C=O) groups is 2. The van der Waals surface area contributed by atoms with Crippen LogP contribution < -0.4 is 14.8 Å². The van der Waals surface area contributed by atoms with Crippen molar-refractivity contribution in [2.24, 2.45) is 5.10 Å². The van der Waals surface area contributed by atoms with Crippen molar-refractivity contribution in [1.29, 1.82) is 0 Å². The van der Waals surface area contributed by atoms with Gasteiger partial charge in [-0.2, -0.15) is 5.10 Å². The number of nitrogens with one attached hydrogen (secondary N) is 1. The van der Waals surface area contributed by atoms with Gasteiger partial charge in [-0.05, 0) is 48.4 Å². The third kappa shape index (κ3) is 3.33. The molecule has 0 saturated carbocycles. The predicted molar refractivity (Wildman–Crippen MR) is 96.3 cm³/mol. The Morgan fingerprint density at radius 1 is 1.11 bits per heavy atom. The zero-order valence-electron chi connectivity index (χ0n) is 15.0. The Labute approximate surface area is 155 Å². The van der Waals surface area contributed by atoms with Crippen molar-refractivity contribution in [3.8, 4) is 11.5 Å². The van der Waals surface area contributed by atoms with E-state index in [0.717, 1.165) is 5.01 Å². The highest BCUT2D eigenvalue weighted by molar-refractivity contribution is 6.07. The summed E-state index contributed by atoms with van der Waals surface area (Å²) >= 11 is 0. The van der Waals surface area contributed by atoms with Gasteiger partial charge in [-0.1, -0.05) is 12.1 Å². The molecule has 0 radical (unpaired) electrons. The Kier molecular flexibility index (Phi) is 4.81. The molecule has 0 aliphatic carbocycles. The number of hydrazone groups is 1. The minimum Gasteiger partial charge on any atom is -0.497 e. The Morgan fingerprint density at radius 2 is 1.81 bits per heavy atom. The van der Waals surface area contributed by atoms with Crippen LogP contribution >= 0.6 is 0 Å². The van der Waals surface area contributed by atoms with E-state index >= 15 is 0 Å². The molecule has 140 valence electrons. The molecule has 27 heavy (non-hydrogen) atoms. The molecule has 1 aliphatic heterocycles. The molecule has 3 amide bonds. The van der Waals surface area contributed by atoms with E-state index in [9.17, 15) is 14.0 Å². The van der Waals surface area contributed by atoms with Gasteiger partial charge >= 0.3 is 6.03 Å². The van der Waals surface area contributed by atoms with Gasteiger partial charge in [0.25, 0.3) is 5.91 Å². The summed E-state index contributed by atoms with van der Waals surface area (Å²) in [6.07, 6.45) is 1.24. The van der Waals surface area contributed by atoms with Crippen molar-refractivity contribution in [1.82, 2.24) is 10.3 Å². The summed E-state index contributed by atoms with van der Waals surface area (Å²) in [4.78, 5) is 25.0.